The van der Waals surface area contributed by atoms with E-state index in [1.165, 1.54) is 0 Å². The predicted molar refractivity (Wildman–Crippen MR) is 132 cm³/mol. The van der Waals surface area contributed by atoms with Gasteiger partial charge in [-0.15, -0.1) is 0 Å². The number of rotatable bonds is 7. The molecule has 2 aromatic carbocycles. The lowest BCUT2D eigenvalue weighted by Crippen LogP contribution is -2.49. The molecule has 1 aliphatic heterocycles. The molecule has 2 heterocycles. The fourth-order valence-corrected chi connectivity index (χ4v) is 4.59. The Bertz CT molecular complexity index is 1170. The van der Waals surface area contributed by atoms with Crippen LogP contribution in [0.3, 0.4) is 0 Å². The quantitative estimate of drug-likeness (QED) is 0.513. The van der Waals surface area contributed by atoms with Crippen molar-refractivity contribution >= 4 is 12.0 Å². The van der Waals surface area contributed by atoms with E-state index in [9.17, 15) is 9.59 Å². The minimum absolute atomic E-state index is 0.145. The van der Waals surface area contributed by atoms with Gasteiger partial charge in [-0.05, 0) is 55.2 Å². The molecule has 0 spiro atoms. The van der Waals surface area contributed by atoms with Crippen molar-refractivity contribution < 1.29 is 14.3 Å². The van der Waals surface area contributed by atoms with Crippen molar-refractivity contribution in [1.29, 1.82) is 0 Å². The summed E-state index contributed by atoms with van der Waals surface area (Å²) < 4.78 is 6.08. The normalized spacial score (nSPS) is 18.9. The third-order valence-electron chi connectivity index (χ3n) is 6.72. The highest BCUT2D eigenvalue weighted by Crippen LogP contribution is 2.40. The van der Waals surface area contributed by atoms with Gasteiger partial charge in [-0.3, -0.25) is 9.78 Å². The molecule has 176 valence electrons. The summed E-state index contributed by atoms with van der Waals surface area (Å²) in [6.07, 6.45) is 2.56. The van der Waals surface area contributed by atoms with Gasteiger partial charge in [0.25, 0.3) is 0 Å². The highest BCUT2D eigenvalue weighted by atomic mass is 16.6. The molecule has 2 atom stereocenters. The van der Waals surface area contributed by atoms with E-state index in [2.05, 4.69) is 35.3 Å². The number of nitrogens with zero attached hydrogens (tertiary/aromatic N) is 2. The number of hydrogen-bond donors (Lipinski definition) is 1. The second kappa shape index (κ2) is 9.67. The van der Waals surface area contributed by atoms with E-state index in [4.69, 9.17) is 10.5 Å². The van der Waals surface area contributed by atoms with Gasteiger partial charge in [0.1, 0.15) is 5.60 Å². The molecular weight excluding hydrogens is 426 g/mol. The molecule has 6 heteroatoms. The van der Waals surface area contributed by atoms with E-state index in [1.807, 2.05) is 57.3 Å². The Morgan fingerprint density at radius 1 is 1.09 bits per heavy atom. The van der Waals surface area contributed by atoms with Crippen LogP contribution < -0.4 is 5.73 Å². The van der Waals surface area contributed by atoms with Gasteiger partial charge in [0.2, 0.25) is 5.91 Å². The maximum atomic E-state index is 13.2. The third-order valence-corrected chi connectivity index (χ3v) is 6.72. The molecule has 2 amide bonds. The van der Waals surface area contributed by atoms with Crippen molar-refractivity contribution in [3.05, 3.63) is 89.2 Å². The number of benzene rings is 2. The van der Waals surface area contributed by atoms with Gasteiger partial charge in [-0.1, -0.05) is 54.1 Å². The molecule has 4 rings (SSSR count). The molecule has 0 bridgehead atoms. The molecule has 0 radical (unpaired) electrons. The van der Waals surface area contributed by atoms with Gasteiger partial charge < -0.3 is 15.4 Å². The first-order valence-electron chi connectivity index (χ1n) is 11.7. The van der Waals surface area contributed by atoms with Crippen LogP contribution in [0.15, 0.2) is 66.9 Å². The molecule has 1 aromatic heterocycles. The smallest absolute Gasteiger partial charge is 0.411 e. The van der Waals surface area contributed by atoms with Crippen molar-refractivity contribution in [1.82, 2.24) is 9.88 Å². The van der Waals surface area contributed by atoms with Crippen LogP contribution in [0.4, 0.5) is 4.79 Å². The Labute approximate surface area is 200 Å². The van der Waals surface area contributed by atoms with Gasteiger partial charge in [0.15, 0.2) is 0 Å². The van der Waals surface area contributed by atoms with Gasteiger partial charge in [-0.2, -0.15) is 0 Å². The summed E-state index contributed by atoms with van der Waals surface area (Å²) >= 11 is 0. The van der Waals surface area contributed by atoms with E-state index in [0.29, 0.717) is 19.4 Å². The Hall–Kier alpha value is -3.67. The molecule has 0 unspecified atom stereocenters. The molecule has 2 N–H and O–H groups in total. The minimum atomic E-state index is -0.848. The second-order valence-corrected chi connectivity index (χ2v) is 9.12. The molecule has 1 fully saturated rings. The number of cyclic esters (lactones) is 1. The highest BCUT2D eigenvalue weighted by molar-refractivity contribution is 5.74. The maximum absolute atomic E-state index is 13.2. The summed E-state index contributed by atoms with van der Waals surface area (Å²) in [5.41, 5.74) is 10.8. The predicted octanol–water partition coefficient (Wildman–Crippen LogP) is 5.43. The average Bonchev–Trinajstić information content (AvgIpc) is 2.83. The van der Waals surface area contributed by atoms with Crippen molar-refractivity contribution in [2.24, 2.45) is 5.73 Å². The maximum Gasteiger partial charge on any atom is 0.411 e. The third kappa shape index (κ3) is 4.96. The lowest BCUT2D eigenvalue weighted by molar-refractivity contribution is -0.121. The Morgan fingerprint density at radius 2 is 1.79 bits per heavy atom. The lowest BCUT2D eigenvalue weighted by Gasteiger charge is -2.43. The summed E-state index contributed by atoms with van der Waals surface area (Å²) in [7, 11) is 0. The summed E-state index contributed by atoms with van der Waals surface area (Å²) in [5.74, 6) is -0.400. The number of primary amides is 1. The molecule has 0 saturated carbocycles. The number of amides is 2. The van der Waals surface area contributed by atoms with Gasteiger partial charge >= 0.3 is 6.09 Å². The first kappa shape index (κ1) is 23.5. The van der Waals surface area contributed by atoms with Crippen molar-refractivity contribution in [3.8, 4) is 11.1 Å². The van der Waals surface area contributed by atoms with E-state index in [-0.39, 0.29) is 18.6 Å². The molecule has 1 saturated heterocycles. The van der Waals surface area contributed by atoms with Crippen molar-refractivity contribution in [2.75, 3.05) is 6.54 Å². The summed E-state index contributed by atoms with van der Waals surface area (Å²) in [5, 5.41) is 0. The molecule has 34 heavy (non-hydrogen) atoms. The lowest BCUT2D eigenvalue weighted by atomic mass is 9.84. The fourth-order valence-electron chi connectivity index (χ4n) is 4.59. The number of carbonyl (C=O) groups excluding carboxylic acids is 2. The van der Waals surface area contributed by atoms with Crippen LogP contribution in [0.5, 0.6) is 0 Å². The van der Waals surface area contributed by atoms with Crippen LogP contribution >= 0.6 is 0 Å². The van der Waals surface area contributed by atoms with Crippen LogP contribution in [0, 0.1) is 13.8 Å². The molecule has 0 aliphatic carbocycles. The van der Waals surface area contributed by atoms with E-state index in [0.717, 1.165) is 33.5 Å². The topological polar surface area (TPSA) is 85.5 Å². The number of ether oxygens (including phenoxy) is 1. The van der Waals surface area contributed by atoms with E-state index < -0.39 is 11.5 Å². The number of hydrogen-bond acceptors (Lipinski definition) is 4. The Morgan fingerprint density at radius 3 is 2.41 bits per heavy atom. The number of pyridine rings is 1. The Kier molecular flexibility index (Phi) is 6.68. The van der Waals surface area contributed by atoms with E-state index >= 15 is 0 Å². The largest absolute Gasteiger partial charge is 0.438 e. The highest BCUT2D eigenvalue weighted by Gasteiger charge is 2.43. The van der Waals surface area contributed by atoms with Crippen LogP contribution in [0.25, 0.3) is 11.1 Å². The SMILES string of the molecule is Cc1ccc([C@@]2(CCC(N)=O)CCN([C@@H](C)c3ccc(-c4ccnc(C)c4)cc3)C(=O)O2)cc1. The van der Waals surface area contributed by atoms with Gasteiger partial charge in [0, 0.05) is 37.7 Å². The Balaban J connectivity index is 1.52. The molecule has 3 aromatic rings. The summed E-state index contributed by atoms with van der Waals surface area (Å²) in [4.78, 5) is 30.8. The molecular formula is C28H31N3O3. The van der Waals surface area contributed by atoms with Crippen LogP contribution in [-0.2, 0) is 15.1 Å². The van der Waals surface area contributed by atoms with Crippen LogP contribution in [0.1, 0.15) is 54.6 Å². The number of aryl methyl sites for hydroxylation is 2. The monoisotopic (exact) mass is 457 g/mol. The zero-order chi connectivity index (χ0) is 24.3. The van der Waals surface area contributed by atoms with Crippen molar-refractivity contribution in [2.45, 2.75) is 51.7 Å². The molecule has 6 nitrogen and oxygen atoms in total. The number of nitrogens with two attached hydrogens (primary N) is 1. The second-order valence-electron chi connectivity index (χ2n) is 9.12. The minimum Gasteiger partial charge on any atom is -0.438 e. The van der Waals surface area contributed by atoms with Crippen LogP contribution in [0.2, 0.25) is 0 Å². The fraction of sp³-hybridized carbons (Fsp3) is 0.321. The zero-order valence-electron chi connectivity index (χ0n) is 20.0. The first-order valence-corrected chi connectivity index (χ1v) is 11.7. The number of carbonyl (C=O) groups is 2. The van der Waals surface area contributed by atoms with Crippen LogP contribution in [-0.4, -0.2) is 28.4 Å². The first-order chi connectivity index (χ1) is 16.3. The number of aromatic nitrogens is 1. The standard InChI is InChI=1S/C28H31N3O3/c1-19-4-10-25(11-5-19)28(14-12-26(29)32)15-17-31(27(33)34-28)21(3)22-6-8-23(9-7-22)24-13-16-30-20(2)18-24/h4-11,13,16,18,21H,12,14-15,17H2,1-3H3,(H2,29,32)/t21-,28+/m0/s1. The average molecular weight is 458 g/mol. The van der Waals surface area contributed by atoms with E-state index in [1.54, 1.807) is 4.90 Å². The zero-order valence-corrected chi connectivity index (χ0v) is 20.0. The molecule has 1 aliphatic rings. The van der Waals surface area contributed by atoms with Crippen molar-refractivity contribution in [3.63, 3.8) is 0 Å². The summed E-state index contributed by atoms with van der Waals surface area (Å²) in [6.45, 7) is 6.52. The summed E-state index contributed by atoms with van der Waals surface area (Å²) in [6, 6.07) is 20.1. The van der Waals surface area contributed by atoms with Gasteiger partial charge in [-0.25, -0.2) is 4.79 Å². The van der Waals surface area contributed by atoms with Gasteiger partial charge in [0.05, 0.1) is 6.04 Å².